The lowest BCUT2D eigenvalue weighted by Crippen LogP contribution is -2.40. The summed E-state index contributed by atoms with van der Waals surface area (Å²) < 4.78 is 2.20. The largest absolute Gasteiger partial charge is 0.394 e. The van der Waals surface area contributed by atoms with Gasteiger partial charge in [0.15, 0.2) is 0 Å². The van der Waals surface area contributed by atoms with Crippen molar-refractivity contribution < 1.29 is 5.11 Å². The minimum atomic E-state index is -0.456. The Kier molecular flexibility index (Phi) is 3.72. The fraction of sp³-hybridized carbons (Fsp3) is 0.636. The van der Waals surface area contributed by atoms with E-state index in [4.69, 9.17) is 10.8 Å². The Bertz CT molecular complexity index is 279. The van der Waals surface area contributed by atoms with Crippen LogP contribution in [0, 0.1) is 0 Å². The van der Waals surface area contributed by atoms with Crippen LogP contribution in [0.5, 0.6) is 0 Å². The molecule has 3 nitrogen and oxygen atoms in total. The van der Waals surface area contributed by atoms with Gasteiger partial charge in [0, 0.05) is 24.0 Å². The highest BCUT2D eigenvalue weighted by atomic mass is 16.3. The summed E-state index contributed by atoms with van der Waals surface area (Å²) >= 11 is 0. The molecule has 0 amide bonds. The van der Waals surface area contributed by atoms with E-state index in [9.17, 15) is 0 Å². The van der Waals surface area contributed by atoms with Crippen LogP contribution in [-0.2, 0) is 13.0 Å². The molecule has 80 valence electrons. The molecule has 14 heavy (non-hydrogen) atoms. The van der Waals surface area contributed by atoms with E-state index >= 15 is 0 Å². The third kappa shape index (κ3) is 2.86. The molecule has 0 spiro atoms. The van der Waals surface area contributed by atoms with Gasteiger partial charge in [0.05, 0.1) is 6.61 Å². The Hall–Kier alpha value is -0.800. The van der Waals surface area contributed by atoms with Crippen molar-refractivity contribution in [3.63, 3.8) is 0 Å². The molecule has 0 aromatic carbocycles. The molecule has 0 saturated carbocycles. The van der Waals surface area contributed by atoms with Gasteiger partial charge in [0.25, 0.3) is 0 Å². The van der Waals surface area contributed by atoms with Gasteiger partial charge in [-0.25, -0.2) is 0 Å². The zero-order valence-corrected chi connectivity index (χ0v) is 9.03. The fourth-order valence-electron chi connectivity index (χ4n) is 1.48. The molecule has 3 N–H and O–H groups in total. The molecular weight excluding hydrogens is 176 g/mol. The van der Waals surface area contributed by atoms with Crippen molar-refractivity contribution in [1.82, 2.24) is 4.57 Å². The van der Waals surface area contributed by atoms with Crippen LogP contribution in [0.25, 0.3) is 0 Å². The van der Waals surface area contributed by atoms with Gasteiger partial charge in [-0.05, 0) is 38.8 Å². The summed E-state index contributed by atoms with van der Waals surface area (Å²) in [5, 5.41) is 9.02. The SMILES string of the molecule is CCn1cccc1CCC(C)(N)CO. The molecule has 1 rings (SSSR count). The molecule has 0 fully saturated rings. The average molecular weight is 196 g/mol. The average Bonchev–Trinajstić information content (AvgIpc) is 2.62. The van der Waals surface area contributed by atoms with Gasteiger partial charge in [0.1, 0.15) is 0 Å². The molecule has 0 aliphatic carbocycles. The maximum absolute atomic E-state index is 9.02. The molecule has 1 unspecified atom stereocenters. The standard InChI is InChI=1S/C11H20N2O/c1-3-13-8-4-5-10(13)6-7-11(2,12)9-14/h4-5,8,14H,3,6-7,9,12H2,1-2H3. The second-order valence-corrected chi connectivity index (χ2v) is 4.10. The second-order valence-electron chi connectivity index (χ2n) is 4.10. The Balaban J connectivity index is 2.53. The summed E-state index contributed by atoms with van der Waals surface area (Å²) in [6.07, 6.45) is 3.81. The normalized spacial score (nSPS) is 15.4. The van der Waals surface area contributed by atoms with Gasteiger partial charge < -0.3 is 15.4 Å². The van der Waals surface area contributed by atoms with Crippen LogP contribution in [-0.4, -0.2) is 21.8 Å². The minimum absolute atomic E-state index is 0.0415. The number of aryl methyl sites for hydroxylation is 2. The van der Waals surface area contributed by atoms with Gasteiger partial charge >= 0.3 is 0 Å². The van der Waals surface area contributed by atoms with Crippen molar-refractivity contribution in [3.05, 3.63) is 24.0 Å². The molecule has 1 aromatic rings. The van der Waals surface area contributed by atoms with Crippen molar-refractivity contribution in [2.24, 2.45) is 5.73 Å². The first-order valence-corrected chi connectivity index (χ1v) is 5.13. The highest BCUT2D eigenvalue weighted by molar-refractivity contribution is 5.08. The maximum atomic E-state index is 9.02. The van der Waals surface area contributed by atoms with Crippen LogP contribution < -0.4 is 5.73 Å². The van der Waals surface area contributed by atoms with E-state index in [1.54, 1.807) is 0 Å². The lowest BCUT2D eigenvalue weighted by molar-refractivity contribution is 0.200. The number of aliphatic hydroxyl groups excluding tert-OH is 1. The molecule has 1 heterocycles. The van der Waals surface area contributed by atoms with E-state index in [0.717, 1.165) is 19.4 Å². The summed E-state index contributed by atoms with van der Waals surface area (Å²) in [5.74, 6) is 0. The topological polar surface area (TPSA) is 51.2 Å². The van der Waals surface area contributed by atoms with E-state index in [-0.39, 0.29) is 6.61 Å². The number of rotatable bonds is 5. The highest BCUT2D eigenvalue weighted by Gasteiger charge is 2.17. The molecular formula is C11H20N2O. The van der Waals surface area contributed by atoms with Gasteiger partial charge in [-0.15, -0.1) is 0 Å². The molecule has 0 radical (unpaired) electrons. The Morgan fingerprint density at radius 3 is 2.86 bits per heavy atom. The summed E-state index contributed by atoms with van der Waals surface area (Å²) in [4.78, 5) is 0. The van der Waals surface area contributed by atoms with Crippen molar-refractivity contribution >= 4 is 0 Å². The van der Waals surface area contributed by atoms with Crippen molar-refractivity contribution in [3.8, 4) is 0 Å². The summed E-state index contributed by atoms with van der Waals surface area (Å²) in [5.41, 5.74) is 6.70. The van der Waals surface area contributed by atoms with Crippen LogP contribution in [0.4, 0.5) is 0 Å². The lowest BCUT2D eigenvalue weighted by Gasteiger charge is -2.21. The van der Waals surface area contributed by atoms with Crippen LogP contribution >= 0.6 is 0 Å². The monoisotopic (exact) mass is 196 g/mol. The smallest absolute Gasteiger partial charge is 0.0608 e. The number of hydrogen-bond acceptors (Lipinski definition) is 2. The maximum Gasteiger partial charge on any atom is 0.0608 e. The zero-order chi connectivity index (χ0) is 10.6. The Morgan fingerprint density at radius 2 is 2.29 bits per heavy atom. The van der Waals surface area contributed by atoms with Crippen molar-refractivity contribution in [2.45, 2.75) is 38.8 Å². The van der Waals surface area contributed by atoms with E-state index in [0.29, 0.717) is 0 Å². The molecule has 0 aliphatic rings. The third-order valence-corrected chi connectivity index (χ3v) is 2.58. The fourth-order valence-corrected chi connectivity index (χ4v) is 1.48. The van der Waals surface area contributed by atoms with Gasteiger partial charge in [-0.3, -0.25) is 0 Å². The predicted octanol–water partition coefficient (Wildman–Crippen LogP) is 1.15. The molecule has 0 bridgehead atoms. The summed E-state index contributed by atoms with van der Waals surface area (Å²) in [6.45, 7) is 5.03. The molecule has 0 aliphatic heterocycles. The van der Waals surface area contributed by atoms with Crippen molar-refractivity contribution in [2.75, 3.05) is 6.61 Å². The lowest BCUT2D eigenvalue weighted by atomic mass is 9.97. The van der Waals surface area contributed by atoms with E-state index < -0.39 is 5.54 Å². The number of aromatic nitrogens is 1. The quantitative estimate of drug-likeness (QED) is 0.742. The van der Waals surface area contributed by atoms with E-state index in [1.165, 1.54) is 5.69 Å². The number of nitrogens with zero attached hydrogens (tertiary/aromatic N) is 1. The Labute approximate surface area is 85.5 Å². The predicted molar refractivity (Wildman–Crippen MR) is 58.1 cm³/mol. The van der Waals surface area contributed by atoms with E-state index in [2.05, 4.69) is 23.8 Å². The highest BCUT2D eigenvalue weighted by Crippen LogP contribution is 2.11. The van der Waals surface area contributed by atoms with Crippen LogP contribution in [0.3, 0.4) is 0 Å². The molecule has 0 saturated heterocycles. The van der Waals surface area contributed by atoms with Crippen LogP contribution in [0.15, 0.2) is 18.3 Å². The Morgan fingerprint density at radius 1 is 1.57 bits per heavy atom. The van der Waals surface area contributed by atoms with Crippen LogP contribution in [0.1, 0.15) is 26.0 Å². The third-order valence-electron chi connectivity index (χ3n) is 2.58. The number of hydrogen-bond donors (Lipinski definition) is 2. The zero-order valence-electron chi connectivity index (χ0n) is 9.03. The molecule has 3 heteroatoms. The first-order valence-electron chi connectivity index (χ1n) is 5.13. The first-order chi connectivity index (χ1) is 6.59. The molecule has 1 aromatic heterocycles. The minimum Gasteiger partial charge on any atom is -0.394 e. The van der Waals surface area contributed by atoms with Gasteiger partial charge in [-0.1, -0.05) is 0 Å². The van der Waals surface area contributed by atoms with Crippen LogP contribution in [0.2, 0.25) is 0 Å². The van der Waals surface area contributed by atoms with Crippen molar-refractivity contribution in [1.29, 1.82) is 0 Å². The van der Waals surface area contributed by atoms with Gasteiger partial charge in [0.2, 0.25) is 0 Å². The number of aliphatic hydroxyl groups is 1. The number of nitrogens with two attached hydrogens (primary N) is 1. The second kappa shape index (κ2) is 4.62. The first kappa shape index (κ1) is 11.3. The van der Waals surface area contributed by atoms with E-state index in [1.807, 2.05) is 13.0 Å². The summed E-state index contributed by atoms with van der Waals surface area (Å²) in [6, 6.07) is 4.16. The molecule has 1 atom stereocenters. The summed E-state index contributed by atoms with van der Waals surface area (Å²) in [7, 11) is 0. The van der Waals surface area contributed by atoms with Gasteiger partial charge in [-0.2, -0.15) is 0 Å².